The molecular formula is C18H22N4O2S. The van der Waals surface area contributed by atoms with Crippen LogP contribution < -0.4 is 5.32 Å². The lowest BCUT2D eigenvalue weighted by Gasteiger charge is -2.37. The van der Waals surface area contributed by atoms with E-state index in [2.05, 4.69) is 16.4 Å². The number of hydrogen-bond acceptors (Lipinski definition) is 4. The molecule has 0 saturated heterocycles. The molecule has 0 radical (unpaired) electrons. The molecule has 132 valence electrons. The number of carbonyl (C=O) groups is 2. The molecule has 25 heavy (non-hydrogen) atoms. The molecule has 3 heterocycles. The Kier molecular flexibility index (Phi) is 4.57. The molecule has 1 atom stereocenters. The number of aromatic nitrogens is 2. The predicted octanol–water partition coefficient (Wildman–Crippen LogP) is 1.99. The molecule has 4 rings (SSSR count). The summed E-state index contributed by atoms with van der Waals surface area (Å²) in [4.78, 5) is 32.6. The van der Waals surface area contributed by atoms with E-state index in [4.69, 9.17) is 0 Å². The summed E-state index contributed by atoms with van der Waals surface area (Å²) in [5, 5.41) is 5.06. The van der Waals surface area contributed by atoms with Crippen molar-refractivity contribution in [1.29, 1.82) is 0 Å². The van der Waals surface area contributed by atoms with Crippen LogP contribution in [0.25, 0.3) is 0 Å². The standard InChI is InChI=1S/C18H22N4O2S/c23-17(20-7-6-15-5-2-8-25-15)16-11-21(18(24)13-3-1-4-13)10-14-9-19-12-22(14)16/h2,5,8-9,12-13,16H,1,3-4,6-7,10-11H2,(H,20,23). The Morgan fingerprint density at radius 3 is 2.96 bits per heavy atom. The van der Waals surface area contributed by atoms with Gasteiger partial charge in [0.1, 0.15) is 6.04 Å². The molecule has 1 saturated carbocycles. The lowest BCUT2D eigenvalue weighted by atomic mass is 9.84. The van der Waals surface area contributed by atoms with Gasteiger partial charge >= 0.3 is 0 Å². The van der Waals surface area contributed by atoms with Crippen molar-refractivity contribution in [2.75, 3.05) is 13.1 Å². The van der Waals surface area contributed by atoms with Gasteiger partial charge in [0.15, 0.2) is 0 Å². The Morgan fingerprint density at radius 1 is 1.36 bits per heavy atom. The van der Waals surface area contributed by atoms with E-state index in [1.807, 2.05) is 20.9 Å². The quantitative estimate of drug-likeness (QED) is 0.889. The van der Waals surface area contributed by atoms with Crippen LogP contribution in [0.4, 0.5) is 0 Å². The molecule has 2 aliphatic rings. The van der Waals surface area contributed by atoms with Crippen LogP contribution in [-0.4, -0.2) is 39.4 Å². The fraction of sp³-hybridized carbons (Fsp3) is 0.500. The highest BCUT2D eigenvalue weighted by molar-refractivity contribution is 7.09. The van der Waals surface area contributed by atoms with Crippen molar-refractivity contribution in [3.8, 4) is 0 Å². The van der Waals surface area contributed by atoms with E-state index in [-0.39, 0.29) is 17.7 Å². The maximum absolute atomic E-state index is 12.7. The van der Waals surface area contributed by atoms with Gasteiger partial charge in [-0.1, -0.05) is 12.5 Å². The van der Waals surface area contributed by atoms with Crippen molar-refractivity contribution in [2.45, 2.75) is 38.3 Å². The molecule has 2 amide bonds. The summed E-state index contributed by atoms with van der Waals surface area (Å²) >= 11 is 1.70. The maximum Gasteiger partial charge on any atom is 0.244 e. The number of imidazole rings is 1. The molecule has 6 nitrogen and oxygen atoms in total. The number of nitrogens with zero attached hydrogens (tertiary/aromatic N) is 3. The van der Waals surface area contributed by atoms with Gasteiger partial charge in [0.05, 0.1) is 25.1 Å². The fourth-order valence-electron chi connectivity index (χ4n) is 3.46. The summed E-state index contributed by atoms with van der Waals surface area (Å²) in [6.07, 6.45) is 7.38. The Balaban J connectivity index is 1.42. The lowest BCUT2D eigenvalue weighted by molar-refractivity contribution is -0.141. The van der Waals surface area contributed by atoms with E-state index in [9.17, 15) is 9.59 Å². The second-order valence-electron chi connectivity index (χ2n) is 6.78. The van der Waals surface area contributed by atoms with Gasteiger partial charge < -0.3 is 14.8 Å². The molecule has 1 aliphatic heterocycles. The topological polar surface area (TPSA) is 67.2 Å². The number of hydrogen-bond donors (Lipinski definition) is 1. The summed E-state index contributed by atoms with van der Waals surface area (Å²) < 4.78 is 1.91. The zero-order valence-electron chi connectivity index (χ0n) is 14.1. The first kappa shape index (κ1) is 16.3. The fourth-order valence-corrected chi connectivity index (χ4v) is 4.17. The van der Waals surface area contributed by atoms with Crippen molar-refractivity contribution in [2.24, 2.45) is 5.92 Å². The van der Waals surface area contributed by atoms with Gasteiger partial charge in [-0.2, -0.15) is 0 Å². The molecule has 0 aromatic carbocycles. The highest BCUT2D eigenvalue weighted by Gasteiger charge is 2.36. The van der Waals surface area contributed by atoms with E-state index >= 15 is 0 Å². The van der Waals surface area contributed by atoms with Crippen LogP contribution in [-0.2, 0) is 22.6 Å². The molecule has 1 N–H and O–H groups in total. The first-order chi connectivity index (χ1) is 12.2. The van der Waals surface area contributed by atoms with Crippen LogP contribution in [0.1, 0.15) is 35.9 Å². The summed E-state index contributed by atoms with van der Waals surface area (Å²) in [6.45, 7) is 1.59. The SMILES string of the molecule is O=C(NCCc1cccs1)C1CN(C(=O)C2CCC2)Cc2cncn21. The third-order valence-electron chi connectivity index (χ3n) is 5.15. The minimum absolute atomic E-state index is 0.0399. The first-order valence-electron chi connectivity index (χ1n) is 8.82. The second-order valence-corrected chi connectivity index (χ2v) is 7.81. The maximum atomic E-state index is 12.7. The highest BCUT2D eigenvalue weighted by atomic mass is 32.1. The molecule has 1 aliphatic carbocycles. The van der Waals surface area contributed by atoms with Gasteiger partial charge in [-0.3, -0.25) is 9.59 Å². The monoisotopic (exact) mass is 358 g/mol. The average molecular weight is 358 g/mol. The number of amides is 2. The van der Waals surface area contributed by atoms with Crippen molar-refractivity contribution < 1.29 is 9.59 Å². The van der Waals surface area contributed by atoms with E-state index < -0.39 is 6.04 Å². The van der Waals surface area contributed by atoms with E-state index in [0.717, 1.165) is 31.4 Å². The zero-order chi connectivity index (χ0) is 17.2. The first-order valence-corrected chi connectivity index (χ1v) is 9.70. The summed E-state index contributed by atoms with van der Waals surface area (Å²) in [5.74, 6) is 0.300. The van der Waals surface area contributed by atoms with Gasteiger partial charge in [0.2, 0.25) is 11.8 Å². The number of carbonyl (C=O) groups excluding carboxylic acids is 2. The Labute approximate surface area is 150 Å². The molecule has 7 heteroatoms. The van der Waals surface area contributed by atoms with Crippen molar-refractivity contribution in [3.05, 3.63) is 40.6 Å². The Bertz CT molecular complexity index is 751. The lowest BCUT2D eigenvalue weighted by Crippen LogP contribution is -2.49. The third kappa shape index (κ3) is 3.33. The molecule has 2 aromatic rings. The van der Waals surface area contributed by atoms with Crippen LogP contribution >= 0.6 is 11.3 Å². The molecule has 1 fully saturated rings. The Morgan fingerprint density at radius 2 is 2.24 bits per heavy atom. The zero-order valence-corrected chi connectivity index (χ0v) is 14.9. The number of thiophene rings is 1. The van der Waals surface area contributed by atoms with E-state index in [0.29, 0.717) is 19.6 Å². The van der Waals surface area contributed by atoms with Gasteiger partial charge in [-0.05, 0) is 30.7 Å². The smallest absolute Gasteiger partial charge is 0.244 e. The number of fused-ring (bicyclic) bond motifs is 1. The summed E-state index contributed by atoms with van der Waals surface area (Å²) in [5.41, 5.74) is 0.928. The van der Waals surface area contributed by atoms with Crippen LogP contribution in [0.3, 0.4) is 0 Å². The largest absolute Gasteiger partial charge is 0.354 e. The van der Waals surface area contributed by atoms with Crippen LogP contribution in [0, 0.1) is 5.92 Å². The number of rotatable bonds is 5. The van der Waals surface area contributed by atoms with Gasteiger partial charge in [0.25, 0.3) is 0 Å². The second kappa shape index (κ2) is 7.00. The summed E-state index contributed by atoms with van der Waals surface area (Å²) in [7, 11) is 0. The Hall–Kier alpha value is -2.15. The normalized spacial score (nSPS) is 20.0. The molecule has 0 spiro atoms. The van der Waals surface area contributed by atoms with Gasteiger partial charge in [-0.25, -0.2) is 4.98 Å². The third-order valence-corrected chi connectivity index (χ3v) is 6.08. The minimum atomic E-state index is -0.390. The van der Waals surface area contributed by atoms with Crippen molar-refractivity contribution in [1.82, 2.24) is 19.8 Å². The summed E-state index contributed by atoms with van der Waals surface area (Å²) in [6, 6.07) is 3.70. The van der Waals surface area contributed by atoms with Crippen molar-refractivity contribution >= 4 is 23.2 Å². The van der Waals surface area contributed by atoms with Crippen LogP contribution in [0.15, 0.2) is 30.0 Å². The van der Waals surface area contributed by atoms with Crippen LogP contribution in [0.5, 0.6) is 0 Å². The molecular weight excluding hydrogens is 336 g/mol. The molecule has 2 aromatic heterocycles. The number of nitrogens with one attached hydrogen (secondary N) is 1. The highest BCUT2D eigenvalue weighted by Crippen LogP contribution is 2.31. The molecule has 0 bridgehead atoms. The van der Waals surface area contributed by atoms with E-state index in [1.54, 1.807) is 23.9 Å². The van der Waals surface area contributed by atoms with Gasteiger partial charge in [-0.15, -0.1) is 11.3 Å². The predicted molar refractivity (Wildman–Crippen MR) is 95.1 cm³/mol. The van der Waals surface area contributed by atoms with Crippen LogP contribution in [0.2, 0.25) is 0 Å². The molecule has 1 unspecified atom stereocenters. The van der Waals surface area contributed by atoms with E-state index in [1.165, 1.54) is 4.88 Å². The van der Waals surface area contributed by atoms with Gasteiger partial charge in [0, 0.05) is 23.5 Å². The average Bonchev–Trinajstić information content (AvgIpc) is 3.23. The van der Waals surface area contributed by atoms with Crippen molar-refractivity contribution in [3.63, 3.8) is 0 Å². The minimum Gasteiger partial charge on any atom is -0.354 e.